The lowest BCUT2D eigenvalue weighted by Crippen LogP contribution is -2.48. The molecule has 1 unspecified atom stereocenters. The van der Waals surface area contributed by atoms with E-state index < -0.39 is 0 Å². The summed E-state index contributed by atoms with van der Waals surface area (Å²) < 4.78 is 1.83. The van der Waals surface area contributed by atoms with Crippen LogP contribution in [0.3, 0.4) is 0 Å². The molecule has 1 aliphatic carbocycles. The molecule has 160 valence electrons. The molecule has 6 nitrogen and oxygen atoms in total. The number of aromatic nitrogens is 2. The summed E-state index contributed by atoms with van der Waals surface area (Å²) in [6, 6.07) is 10.2. The van der Waals surface area contributed by atoms with Crippen LogP contribution in [0.5, 0.6) is 0 Å². The van der Waals surface area contributed by atoms with Gasteiger partial charge >= 0.3 is 0 Å². The van der Waals surface area contributed by atoms with Crippen LogP contribution in [0.1, 0.15) is 66.7 Å². The molecule has 1 N–H and O–H groups in total. The van der Waals surface area contributed by atoms with Crippen LogP contribution in [-0.4, -0.2) is 45.6 Å². The molecule has 1 aromatic heterocycles. The van der Waals surface area contributed by atoms with E-state index >= 15 is 0 Å². The van der Waals surface area contributed by atoms with E-state index in [1.165, 1.54) is 19.3 Å². The van der Waals surface area contributed by atoms with Crippen LogP contribution in [0, 0.1) is 19.8 Å². The molecule has 2 aromatic rings. The van der Waals surface area contributed by atoms with E-state index in [-0.39, 0.29) is 17.7 Å². The summed E-state index contributed by atoms with van der Waals surface area (Å²) >= 11 is 0. The number of carbonyl (C=O) groups is 2. The predicted octanol–water partition coefficient (Wildman–Crippen LogP) is 3.79. The molecule has 1 atom stereocenters. The minimum Gasteiger partial charge on any atom is -0.353 e. The number of hydrogen-bond donors (Lipinski definition) is 1. The van der Waals surface area contributed by atoms with E-state index in [4.69, 9.17) is 0 Å². The third-order valence-electron chi connectivity index (χ3n) is 6.54. The normalized spacial score (nSPS) is 20.2. The second-order valence-corrected chi connectivity index (χ2v) is 8.73. The number of nitrogens with one attached hydrogen (secondary N) is 1. The first-order chi connectivity index (χ1) is 14.5. The second-order valence-electron chi connectivity index (χ2n) is 8.73. The van der Waals surface area contributed by atoms with Crippen LogP contribution < -0.4 is 5.32 Å². The van der Waals surface area contributed by atoms with Gasteiger partial charge in [-0.3, -0.25) is 9.59 Å². The molecule has 1 aliphatic heterocycles. The number of carbonyl (C=O) groups excluding carboxylic acids is 2. The van der Waals surface area contributed by atoms with Crippen molar-refractivity contribution in [2.24, 2.45) is 5.92 Å². The fourth-order valence-corrected chi connectivity index (χ4v) is 4.87. The number of piperidine rings is 1. The van der Waals surface area contributed by atoms with Crippen LogP contribution >= 0.6 is 0 Å². The highest BCUT2D eigenvalue weighted by atomic mass is 16.2. The predicted molar refractivity (Wildman–Crippen MR) is 117 cm³/mol. The lowest BCUT2D eigenvalue weighted by atomic mass is 9.92. The third kappa shape index (κ3) is 4.27. The highest BCUT2D eigenvalue weighted by Crippen LogP contribution is 2.24. The molecule has 2 heterocycles. The summed E-state index contributed by atoms with van der Waals surface area (Å²) in [5.74, 6) is -0.00965. The highest BCUT2D eigenvalue weighted by molar-refractivity contribution is 5.97. The van der Waals surface area contributed by atoms with Crippen LogP contribution in [0.25, 0.3) is 5.69 Å². The first-order valence-corrected chi connectivity index (χ1v) is 11.3. The molecule has 0 spiro atoms. The maximum atomic E-state index is 13.4. The van der Waals surface area contributed by atoms with Crippen molar-refractivity contribution in [2.45, 2.75) is 64.8 Å². The Morgan fingerprint density at radius 2 is 1.73 bits per heavy atom. The number of likely N-dealkylation sites (tertiary alicyclic amines) is 1. The Balaban J connectivity index is 1.47. The quantitative estimate of drug-likeness (QED) is 0.837. The Labute approximate surface area is 178 Å². The average molecular weight is 409 g/mol. The zero-order valence-corrected chi connectivity index (χ0v) is 18.1. The Hall–Kier alpha value is -2.63. The Morgan fingerprint density at radius 1 is 1.00 bits per heavy atom. The molecular formula is C24H32N4O2. The molecule has 2 fully saturated rings. The minimum absolute atomic E-state index is 0.0117. The molecule has 30 heavy (non-hydrogen) atoms. The van der Waals surface area contributed by atoms with Gasteiger partial charge in [-0.1, -0.05) is 37.5 Å². The lowest BCUT2D eigenvalue weighted by molar-refractivity contribution is -0.127. The van der Waals surface area contributed by atoms with Crippen molar-refractivity contribution >= 4 is 11.8 Å². The van der Waals surface area contributed by atoms with Gasteiger partial charge in [0, 0.05) is 19.1 Å². The molecule has 4 rings (SSSR count). The zero-order valence-electron chi connectivity index (χ0n) is 18.1. The lowest BCUT2D eigenvalue weighted by Gasteiger charge is -2.33. The first kappa shape index (κ1) is 20.6. The minimum atomic E-state index is -0.116. The number of nitrogens with zero attached hydrogens (tertiary/aromatic N) is 3. The van der Waals surface area contributed by atoms with Gasteiger partial charge in [-0.05, 0) is 51.7 Å². The molecular weight excluding hydrogens is 376 g/mol. The largest absolute Gasteiger partial charge is 0.353 e. The van der Waals surface area contributed by atoms with Gasteiger partial charge < -0.3 is 10.2 Å². The van der Waals surface area contributed by atoms with Crippen molar-refractivity contribution in [1.29, 1.82) is 0 Å². The number of rotatable bonds is 4. The van der Waals surface area contributed by atoms with Gasteiger partial charge in [0.25, 0.3) is 5.91 Å². The second kappa shape index (κ2) is 9.02. The standard InChI is InChI=1S/C24H32N4O2/c1-17-22(18(2)28(26-17)21-13-7-4-8-14-21)24(30)27-15-9-10-19(16-27)23(29)25-20-11-5-3-6-12-20/h4,7-8,13-14,19-20H,3,5-6,9-12,15-16H2,1-2H3,(H,25,29). The van der Waals surface area contributed by atoms with Crippen LogP contribution in [-0.2, 0) is 4.79 Å². The molecule has 6 heteroatoms. The molecule has 0 bridgehead atoms. The van der Waals surface area contributed by atoms with Gasteiger partial charge in [0.15, 0.2) is 0 Å². The van der Waals surface area contributed by atoms with E-state index in [1.54, 1.807) is 0 Å². The van der Waals surface area contributed by atoms with Gasteiger partial charge in [-0.15, -0.1) is 0 Å². The Kier molecular flexibility index (Phi) is 6.21. The Bertz CT molecular complexity index is 899. The van der Waals surface area contributed by atoms with E-state index in [1.807, 2.05) is 53.8 Å². The van der Waals surface area contributed by atoms with Crippen molar-refractivity contribution in [3.8, 4) is 5.69 Å². The molecule has 0 radical (unpaired) electrons. The number of para-hydroxylation sites is 1. The molecule has 2 amide bonds. The third-order valence-corrected chi connectivity index (χ3v) is 6.54. The number of aryl methyl sites for hydroxylation is 1. The summed E-state index contributed by atoms with van der Waals surface area (Å²) in [6.07, 6.45) is 7.54. The van der Waals surface area contributed by atoms with Crippen molar-refractivity contribution in [2.75, 3.05) is 13.1 Å². The van der Waals surface area contributed by atoms with E-state index in [0.29, 0.717) is 24.7 Å². The van der Waals surface area contributed by atoms with Gasteiger partial charge in [-0.2, -0.15) is 5.10 Å². The fraction of sp³-hybridized carbons (Fsp3) is 0.542. The fourth-order valence-electron chi connectivity index (χ4n) is 4.87. The van der Waals surface area contributed by atoms with E-state index in [9.17, 15) is 9.59 Å². The van der Waals surface area contributed by atoms with Gasteiger partial charge in [0.1, 0.15) is 0 Å². The topological polar surface area (TPSA) is 67.2 Å². The van der Waals surface area contributed by atoms with E-state index in [0.717, 1.165) is 42.8 Å². The van der Waals surface area contributed by atoms with E-state index in [2.05, 4.69) is 10.4 Å². The maximum Gasteiger partial charge on any atom is 0.257 e. The van der Waals surface area contributed by atoms with Crippen LogP contribution in [0.15, 0.2) is 30.3 Å². The highest BCUT2D eigenvalue weighted by Gasteiger charge is 2.32. The summed E-state index contributed by atoms with van der Waals surface area (Å²) in [4.78, 5) is 28.1. The molecule has 2 aliphatic rings. The SMILES string of the molecule is Cc1nn(-c2ccccc2)c(C)c1C(=O)N1CCCC(C(=O)NC2CCCCC2)C1. The Morgan fingerprint density at radius 3 is 2.47 bits per heavy atom. The molecule has 1 saturated heterocycles. The van der Waals surface area contributed by atoms with Gasteiger partial charge in [0.05, 0.1) is 28.6 Å². The number of benzene rings is 1. The monoisotopic (exact) mass is 408 g/mol. The molecule has 1 saturated carbocycles. The smallest absolute Gasteiger partial charge is 0.257 e. The van der Waals surface area contributed by atoms with Crippen molar-refractivity contribution in [3.05, 3.63) is 47.3 Å². The van der Waals surface area contributed by atoms with Crippen molar-refractivity contribution < 1.29 is 9.59 Å². The van der Waals surface area contributed by atoms with Gasteiger partial charge in [-0.25, -0.2) is 4.68 Å². The van der Waals surface area contributed by atoms with Crippen LogP contribution in [0.4, 0.5) is 0 Å². The summed E-state index contributed by atoms with van der Waals surface area (Å²) in [6.45, 7) is 5.02. The van der Waals surface area contributed by atoms with Crippen molar-refractivity contribution in [3.63, 3.8) is 0 Å². The number of hydrogen-bond acceptors (Lipinski definition) is 3. The zero-order chi connectivity index (χ0) is 21.1. The summed E-state index contributed by atoms with van der Waals surface area (Å²) in [7, 11) is 0. The van der Waals surface area contributed by atoms with Crippen molar-refractivity contribution in [1.82, 2.24) is 20.0 Å². The van der Waals surface area contributed by atoms with Crippen LogP contribution in [0.2, 0.25) is 0 Å². The maximum absolute atomic E-state index is 13.4. The van der Waals surface area contributed by atoms with Gasteiger partial charge in [0.2, 0.25) is 5.91 Å². The average Bonchev–Trinajstić information content (AvgIpc) is 3.08. The first-order valence-electron chi connectivity index (χ1n) is 11.3. The summed E-state index contributed by atoms with van der Waals surface area (Å²) in [5.41, 5.74) is 3.18. The molecule has 1 aromatic carbocycles. The number of amides is 2. The summed E-state index contributed by atoms with van der Waals surface area (Å²) in [5, 5.41) is 7.86.